The summed E-state index contributed by atoms with van der Waals surface area (Å²) in [5.41, 5.74) is 15.1. The number of aromatic nitrogens is 1. The van der Waals surface area contributed by atoms with E-state index in [4.69, 9.17) is 4.74 Å². The van der Waals surface area contributed by atoms with E-state index < -0.39 is 0 Å². The first kappa shape index (κ1) is 26.5. The van der Waals surface area contributed by atoms with Crippen molar-refractivity contribution in [3.05, 3.63) is 137 Å². The molecule has 2 heterocycles. The lowest BCUT2D eigenvalue weighted by Gasteiger charge is -2.33. The van der Waals surface area contributed by atoms with Crippen LogP contribution in [-0.2, 0) is 43.5 Å². The molecule has 0 amide bonds. The predicted molar refractivity (Wildman–Crippen MR) is 169 cm³/mol. The molecule has 0 radical (unpaired) electrons. The van der Waals surface area contributed by atoms with E-state index in [1.807, 2.05) is 12.1 Å². The van der Waals surface area contributed by atoms with Gasteiger partial charge in [0.15, 0.2) is 6.54 Å². The lowest BCUT2D eigenvalue weighted by Crippen LogP contribution is -2.53. The van der Waals surface area contributed by atoms with Gasteiger partial charge in [-0.1, -0.05) is 78.9 Å². The Bertz CT molecular complexity index is 1720. The van der Waals surface area contributed by atoms with Crippen LogP contribution in [-0.4, -0.2) is 30.7 Å². The van der Waals surface area contributed by atoms with Crippen molar-refractivity contribution in [2.45, 2.75) is 44.9 Å². The zero-order valence-corrected chi connectivity index (χ0v) is 24.4. The van der Waals surface area contributed by atoms with Gasteiger partial charge in [-0.3, -0.25) is 4.90 Å². The molecule has 1 saturated heterocycles. The second kappa shape index (κ2) is 11.2. The van der Waals surface area contributed by atoms with E-state index in [2.05, 4.69) is 88.3 Å². The summed E-state index contributed by atoms with van der Waals surface area (Å²) in [5.74, 6) is -0.186. The molecule has 0 spiro atoms. The van der Waals surface area contributed by atoms with Crippen LogP contribution in [0.25, 0.3) is 33.6 Å². The van der Waals surface area contributed by atoms with Gasteiger partial charge in [0.1, 0.15) is 11.9 Å². The Labute approximate surface area is 253 Å². The maximum absolute atomic E-state index is 13.6. The van der Waals surface area contributed by atoms with Gasteiger partial charge in [0.25, 0.3) is 0 Å². The van der Waals surface area contributed by atoms with E-state index in [-0.39, 0.29) is 11.9 Å². The molecule has 4 aromatic carbocycles. The van der Waals surface area contributed by atoms with Crippen LogP contribution in [0.3, 0.4) is 0 Å². The minimum Gasteiger partial charge on any atom is -0.369 e. The third-order valence-corrected chi connectivity index (χ3v) is 9.54. The summed E-state index contributed by atoms with van der Waals surface area (Å²) in [6.45, 7) is 4.03. The van der Waals surface area contributed by atoms with Crippen molar-refractivity contribution >= 4 is 0 Å². The van der Waals surface area contributed by atoms with Crippen molar-refractivity contribution in [2.75, 3.05) is 19.7 Å². The lowest BCUT2D eigenvalue weighted by atomic mass is 9.77. The molecule has 0 N–H and O–H groups in total. The fourth-order valence-electron chi connectivity index (χ4n) is 7.64. The summed E-state index contributed by atoms with van der Waals surface area (Å²) < 4.78 is 22.7. The van der Waals surface area contributed by atoms with Crippen molar-refractivity contribution in [1.82, 2.24) is 4.90 Å². The highest BCUT2D eigenvalue weighted by Gasteiger charge is 2.39. The standard InChI is InChI=1S/C39H36FN2O/c40-31-18-14-27(15-19-31)24-41-22-23-43-32(25-41)26-42-38-33-12-6-4-8-28(33)16-20-35(38)37(30-10-2-1-3-11-30)36-21-17-29-9-5-7-13-34(29)39(36)42/h1-15,18-19,32H,16-17,20-26H2/q+1. The summed E-state index contributed by atoms with van der Waals surface area (Å²) in [4.78, 5) is 2.46. The third kappa shape index (κ3) is 4.89. The fraction of sp³-hybridized carbons (Fsp3) is 0.256. The average Bonchev–Trinajstić information content (AvgIpc) is 3.06. The number of nitrogens with zero attached hydrogens (tertiary/aromatic N) is 2. The van der Waals surface area contributed by atoms with Crippen LogP contribution in [0.5, 0.6) is 0 Å². The highest BCUT2D eigenvalue weighted by molar-refractivity contribution is 5.85. The maximum atomic E-state index is 13.6. The molecule has 0 saturated carbocycles. The second-order valence-electron chi connectivity index (χ2n) is 12.2. The molecule has 3 aliphatic rings. The predicted octanol–water partition coefficient (Wildman–Crippen LogP) is 7.21. The van der Waals surface area contributed by atoms with Gasteiger partial charge >= 0.3 is 0 Å². The molecule has 43 heavy (non-hydrogen) atoms. The first-order valence-electron chi connectivity index (χ1n) is 15.6. The van der Waals surface area contributed by atoms with Crippen molar-refractivity contribution in [1.29, 1.82) is 0 Å². The van der Waals surface area contributed by atoms with E-state index in [1.54, 1.807) is 12.1 Å². The summed E-state index contributed by atoms with van der Waals surface area (Å²) in [5, 5.41) is 0. The SMILES string of the molecule is Fc1ccc(CN2CCOC(C[n+]3c4c(c(-c5ccccc5)c5c3-c3ccccc3CC5)CCc3ccccc3-4)C2)cc1. The Morgan fingerprint density at radius 2 is 1.30 bits per heavy atom. The first-order chi connectivity index (χ1) is 21.2. The fourth-order valence-corrected chi connectivity index (χ4v) is 7.64. The summed E-state index contributed by atoms with van der Waals surface area (Å²) in [6.07, 6.45) is 4.24. The van der Waals surface area contributed by atoms with Crippen LogP contribution in [0.4, 0.5) is 4.39 Å². The number of aryl methyl sites for hydroxylation is 2. The number of ether oxygens (including phenoxy) is 1. The normalized spacial score (nSPS) is 17.5. The smallest absolute Gasteiger partial charge is 0.217 e. The molecule has 5 aromatic rings. The van der Waals surface area contributed by atoms with Crippen LogP contribution in [0, 0.1) is 5.82 Å². The zero-order valence-electron chi connectivity index (χ0n) is 24.4. The molecule has 0 bridgehead atoms. The third-order valence-electron chi connectivity index (χ3n) is 9.54. The van der Waals surface area contributed by atoms with Crippen LogP contribution in [0.15, 0.2) is 103 Å². The number of fused-ring (bicyclic) bond motifs is 6. The Kier molecular flexibility index (Phi) is 6.89. The summed E-state index contributed by atoms with van der Waals surface area (Å²) >= 11 is 0. The second-order valence-corrected chi connectivity index (χ2v) is 12.2. The number of rotatable bonds is 5. The van der Waals surface area contributed by atoms with Crippen molar-refractivity contribution in [2.24, 2.45) is 0 Å². The molecule has 1 atom stereocenters. The topological polar surface area (TPSA) is 16.4 Å². The highest BCUT2D eigenvalue weighted by Crippen LogP contribution is 2.44. The van der Waals surface area contributed by atoms with Crippen molar-refractivity contribution in [3.63, 3.8) is 0 Å². The molecule has 214 valence electrons. The Morgan fingerprint density at radius 3 is 1.95 bits per heavy atom. The van der Waals surface area contributed by atoms with Crippen LogP contribution >= 0.6 is 0 Å². The van der Waals surface area contributed by atoms with Gasteiger partial charge in [0.2, 0.25) is 11.4 Å². The van der Waals surface area contributed by atoms with E-state index in [1.165, 1.54) is 55.9 Å². The quantitative estimate of drug-likeness (QED) is 0.209. The molecule has 1 fully saturated rings. The Hall–Kier alpha value is -4.12. The highest BCUT2D eigenvalue weighted by atomic mass is 19.1. The van der Waals surface area contributed by atoms with Gasteiger partial charge in [-0.15, -0.1) is 0 Å². The number of benzene rings is 4. The number of hydrogen-bond donors (Lipinski definition) is 0. The van der Waals surface area contributed by atoms with Crippen LogP contribution < -0.4 is 4.57 Å². The minimum atomic E-state index is -0.186. The lowest BCUT2D eigenvalue weighted by molar-refractivity contribution is -0.684. The van der Waals surface area contributed by atoms with E-state index >= 15 is 0 Å². The number of morpholine rings is 1. The Morgan fingerprint density at radius 1 is 0.698 bits per heavy atom. The molecule has 8 rings (SSSR count). The van der Waals surface area contributed by atoms with Gasteiger partial charge in [0.05, 0.1) is 6.61 Å². The molecule has 2 aliphatic carbocycles. The van der Waals surface area contributed by atoms with Gasteiger partial charge in [-0.2, -0.15) is 4.57 Å². The molecular formula is C39H36FN2O+. The van der Waals surface area contributed by atoms with Crippen molar-refractivity contribution in [3.8, 4) is 33.6 Å². The monoisotopic (exact) mass is 567 g/mol. The number of pyridine rings is 1. The van der Waals surface area contributed by atoms with Crippen LogP contribution in [0.2, 0.25) is 0 Å². The molecule has 1 aliphatic heterocycles. The molecule has 1 unspecified atom stereocenters. The number of halogens is 1. The first-order valence-corrected chi connectivity index (χ1v) is 15.6. The molecule has 1 aromatic heterocycles. The van der Waals surface area contributed by atoms with Gasteiger partial charge < -0.3 is 4.74 Å². The summed E-state index contributed by atoms with van der Waals surface area (Å²) in [6, 6.07) is 36.0. The van der Waals surface area contributed by atoms with Gasteiger partial charge in [-0.05, 0) is 72.2 Å². The largest absolute Gasteiger partial charge is 0.369 e. The average molecular weight is 568 g/mol. The van der Waals surface area contributed by atoms with E-state index in [9.17, 15) is 4.39 Å². The zero-order chi connectivity index (χ0) is 28.8. The maximum Gasteiger partial charge on any atom is 0.217 e. The minimum absolute atomic E-state index is 0.0538. The Balaban J connectivity index is 1.29. The van der Waals surface area contributed by atoms with Gasteiger partial charge in [0, 0.05) is 47.5 Å². The van der Waals surface area contributed by atoms with E-state index in [0.29, 0.717) is 6.61 Å². The molecular weight excluding hydrogens is 531 g/mol. The molecule has 3 nitrogen and oxygen atoms in total. The molecule has 4 heteroatoms. The summed E-state index contributed by atoms with van der Waals surface area (Å²) in [7, 11) is 0. The number of hydrogen-bond acceptors (Lipinski definition) is 2. The van der Waals surface area contributed by atoms with Crippen LogP contribution in [0.1, 0.15) is 27.8 Å². The van der Waals surface area contributed by atoms with E-state index in [0.717, 1.165) is 57.4 Å². The van der Waals surface area contributed by atoms with Crippen molar-refractivity contribution < 1.29 is 13.7 Å². The van der Waals surface area contributed by atoms with Gasteiger partial charge in [-0.25, -0.2) is 4.39 Å².